The summed E-state index contributed by atoms with van der Waals surface area (Å²) in [5, 5.41) is 6.13. The van der Waals surface area contributed by atoms with Crippen molar-refractivity contribution in [3.8, 4) is 5.75 Å². The molecule has 9 heteroatoms. The van der Waals surface area contributed by atoms with Crippen molar-refractivity contribution in [2.45, 2.75) is 20.1 Å². The molecule has 2 amide bonds. The fraction of sp³-hybridized carbons (Fsp3) is 0.188. The summed E-state index contributed by atoms with van der Waals surface area (Å²) < 4.78 is 33.7. The van der Waals surface area contributed by atoms with Crippen molar-refractivity contribution in [3.05, 3.63) is 54.0 Å². The molecule has 2 rings (SSSR count). The molecular formula is C16H15F2N3O4. The molecule has 25 heavy (non-hydrogen) atoms. The molecule has 7 nitrogen and oxygen atoms in total. The second-order valence-electron chi connectivity index (χ2n) is 4.81. The van der Waals surface area contributed by atoms with E-state index in [1.165, 1.54) is 24.5 Å². The van der Waals surface area contributed by atoms with Crippen molar-refractivity contribution in [1.82, 2.24) is 10.7 Å². The molecule has 0 unspecified atom stereocenters. The zero-order chi connectivity index (χ0) is 18.2. The molecule has 1 aromatic carbocycles. The van der Waals surface area contributed by atoms with Crippen LogP contribution in [0.15, 0.2) is 52.2 Å². The maximum atomic E-state index is 12.2. The highest BCUT2D eigenvalue weighted by atomic mass is 19.3. The number of alkyl halides is 2. The van der Waals surface area contributed by atoms with Gasteiger partial charge in [-0.05, 0) is 31.2 Å². The number of hydrogen-bond donors (Lipinski definition) is 2. The molecule has 0 atom stereocenters. The van der Waals surface area contributed by atoms with Crippen LogP contribution < -0.4 is 15.5 Å². The number of furan rings is 1. The Morgan fingerprint density at radius 1 is 1.24 bits per heavy atom. The van der Waals surface area contributed by atoms with Gasteiger partial charge in [0.05, 0.1) is 18.5 Å². The molecule has 132 valence electrons. The summed E-state index contributed by atoms with van der Waals surface area (Å²) in [5.41, 5.74) is 2.85. The van der Waals surface area contributed by atoms with E-state index in [1.807, 2.05) is 0 Å². The Balaban J connectivity index is 1.91. The Morgan fingerprint density at radius 3 is 2.72 bits per heavy atom. The van der Waals surface area contributed by atoms with E-state index in [2.05, 4.69) is 20.6 Å². The number of halogens is 2. The predicted molar refractivity (Wildman–Crippen MR) is 84.0 cm³/mol. The Labute approximate surface area is 141 Å². The van der Waals surface area contributed by atoms with Crippen molar-refractivity contribution in [1.29, 1.82) is 0 Å². The van der Waals surface area contributed by atoms with Gasteiger partial charge in [0.15, 0.2) is 0 Å². The van der Waals surface area contributed by atoms with Crippen molar-refractivity contribution < 1.29 is 27.5 Å². The van der Waals surface area contributed by atoms with Crippen LogP contribution in [-0.4, -0.2) is 24.1 Å². The van der Waals surface area contributed by atoms with Crippen LogP contribution in [0.4, 0.5) is 8.78 Å². The van der Waals surface area contributed by atoms with E-state index in [-0.39, 0.29) is 12.3 Å². The van der Waals surface area contributed by atoms with Gasteiger partial charge in [0.25, 0.3) is 0 Å². The third-order valence-electron chi connectivity index (χ3n) is 3.01. The molecule has 0 aliphatic rings. The molecular weight excluding hydrogens is 336 g/mol. The first kappa shape index (κ1) is 18.1. The number of carbonyl (C=O) groups excluding carboxylic acids is 2. The van der Waals surface area contributed by atoms with Gasteiger partial charge in [-0.3, -0.25) is 9.59 Å². The van der Waals surface area contributed by atoms with Gasteiger partial charge in [-0.25, -0.2) is 5.43 Å². The number of amides is 2. The Hall–Kier alpha value is -3.23. The highest BCUT2D eigenvalue weighted by molar-refractivity contribution is 6.35. The van der Waals surface area contributed by atoms with Crippen molar-refractivity contribution >= 4 is 17.5 Å². The van der Waals surface area contributed by atoms with E-state index >= 15 is 0 Å². The summed E-state index contributed by atoms with van der Waals surface area (Å²) in [7, 11) is 0. The lowest BCUT2D eigenvalue weighted by atomic mass is 10.1. The van der Waals surface area contributed by atoms with Crippen LogP contribution in [0.25, 0.3) is 0 Å². The lowest BCUT2D eigenvalue weighted by Gasteiger charge is -2.07. The summed E-state index contributed by atoms with van der Waals surface area (Å²) in [6.45, 7) is -1.33. The molecule has 2 N–H and O–H groups in total. The molecule has 0 saturated heterocycles. The standard InChI is InChI=1S/C16H15F2N3O4/c1-10(11-4-2-5-12(8-11)25-16(17)18)20-21-15(23)14(22)19-9-13-6-3-7-24-13/h2-8,16H,9H2,1H3,(H,19,22)(H,21,23)/b20-10+. The van der Waals surface area contributed by atoms with Gasteiger partial charge in [0, 0.05) is 5.56 Å². The lowest BCUT2D eigenvalue weighted by molar-refractivity contribution is -0.139. The number of ether oxygens (including phenoxy) is 1. The van der Waals surface area contributed by atoms with Gasteiger partial charge in [-0.2, -0.15) is 13.9 Å². The van der Waals surface area contributed by atoms with Crippen LogP contribution in [0.5, 0.6) is 5.75 Å². The molecule has 0 saturated carbocycles. The van der Waals surface area contributed by atoms with Gasteiger partial charge >= 0.3 is 18.4 Å². The smallest absolute Gasteiger partial charge is 0.387 e. The summed E-state index contributed by atoms with van der Waals surface area (Å²) in [5.74, 6) is -1.39. The van der Waals surface area contributed by atoms with Gasteiger partial charge in [-0.15, -0.1) is 0 Å². The quantitative estimate of drug-likeness (QED) is 0.473. The summed E-state index contributed by atoms with van der Waals surface area (Å²) in [6, 6.07) is 9.11. The van der Waals surface area contributed by atoms with E-state index in [0.717, 1.165) is 0 Å². The zero-order valence-corrected chi connectivity index (χ0v) is 13.2. The Bertz CT molecular complexity index is 761. The molecule has 0 bridgehead atoms. The van der Waals surface area contributed by atoms with E-state index < -0.39 is 18.4 Å². The molecule has 2 aromatic rings. The molecule has 1 heterocycles. The number of rotatable bonds is 6. The minimum Gasteiger partial charge on any atom is -0.467 e. The van der Waals surface area contributed by atoms with Gasteiger partial charge in [0.2, 0.25) is 0 Å². The fourth-order valence-corrected chi connectivity index (χ4v) is 1.81. The maximum Gasteiger partial charge on any atom is 0.387 e. The second-order valence-corrected chi connectivity index (χ2v) is 4.81. The van der Waals surface area contributed by atoms with Crippen LogP contribution in [-0.2, 0) is 16.1 Å². The molecule has 1 aromatic heterocycles. The topological polar surface area (TPSA) is 92.9 Å². The molecule has 0 radical (unpaired) electrons. The van der Waals surface area contributed by atoms with Crippen molar-refractivity contribution in [2.24, 2.45) is 5.10 Å². The van der Waals surface area contributed by atoms with Gasteiger partial charge in [0.1, 0.15) is 11.5 Å². The largest absolute Gasteiger partial charge is 0.467 e. The average molecular weight is 351 g/mol. The zero-order valence-electron chi connectivity index (χ0n) is 13.2. The van der Waals surface area contributed by atoms with Crippen molar-refractivity contribution in [2.75, 3.05) is 0 Å². The van der Waals surface area contributed by atoms with Gasteiger partial charge < -0.3 is 14.5 Å². The number of hydrogen-bond acceptors (Lipinski definition) is 5. The lowest BCUT2D eigenvalue weighted by Crippen LogP contribution is -2.37. The van der Waals surface area contributed by atoms with E-state index in [0.29, 0.717) is 17.0 Å². The SMILES string of the molecule is C/C(=N\NC(=O)C(=O)NCc1ccco1)c1cccc(OC(F)F)c1. The number of benzene rings is 1. The Morgan fingerprint density at radius 2 is 2.04 bits per heavy atom. The first-order valence-electron chi connectivity index (χ1n) is 7.16. The molecule has 0 spiro atoms. The predicted octanol–water partition coefficient (Wildman–Crippen LogP) is 2.04. The number of carbonyl (C=O) groups is 2. The van der Waals surface area contributed by atoms with Crippen LogP contribution in [0, 0.1) is 0 Å². The van der Waals surface area contributed by atoms with E-state index in [1.54, 1.807) is 25.1 Å². The number of hydrazone groups is 1. The maximum absolute atomic E-state index is 12.2. The first-order valence-corrected chi connectivity index (χ1v) is 7.16. The number of nitrogens with zero attached hydrogens (tertiary/aromatic N) is 1. The van der Waals surface area contributed by atoms with Crippen LogP contribution in [0.1, 0.15) is 18.2 Å². The average Bonchev–Trinajstić information content (AvgIpc) is 3.10. The van der Waals surface area contributed by atoms with E-state index in [4.69, 9.17) is 4.42 Å². The third-order valence-corrected chi connectivity index (χ3v) is 3.01. The molecule has 0 aliphatic carbocycles. The summed E-state index contributed by atoms with van der Waals surface area (Å²) >= 11 is 0. The highest BCUT2D eigenvalue weighted by Crippen LogP contribution is 2.16. The van der Waals surface area contributed by atoms with Crippen LogP contribution in [0.2, 0.25) is 0 Å². The normalized spacial score (nSPS) is 11.3. The van der Waals surface area contributed by atoms with Gasteiger partial charge in [-0.1, -0.05) is 12.1 Å². The second kappa shape index (κ2) is 8.57. The van der Waals surface area contributed by atoms with Crippen molar-refractivity contribution in [3.63, 3.8) is 0 Å². The molecule has 0 aliphatic heterocycles. The minimum atomic E-state index is -2.94. The highest BCUT2D eigenvalue weighted by Gasteiger charge is 2.13. The summed E-state index contributed by atoms with van der Waals surface area (Å²) in [6.07, 6.45) is 1.45. The first-order chi connectivity index (χ1) is 12.0. The fourth-order valence-electron chi connectivity index (χ4n) is 1.81. The van der Waals surface area contributed by atoms with Crippen LogP contribution in [0.3, 0.4) is 0 Å². The summed E-state index contributed by atoms with van der Waals surface area (Å²) in [4.78, 5) is 23.3. The minimum absolute atomic E-state index is 0.0374. The number of nitrogens with one attached hydrogen (secondary N) is 2. The van der Waals surface area contributed by atoms with Crippen LogP contribution >= 0.6 is 0 Å². The monoisotopic (exact) mass is 351 g/mol. The Kier molecular flexibility index (Phi) is 6.21. The van der Waals surface area contributed by atoms with E-state index in [9.17, 15) is 18.4 Å². The third kappa shape index (κ3) is 5.72. The molecule has 0 fully saturated rings.